The number of sulfonamides is 1. The molecule has 194 valence electrons. The fourth-order valence-corrected chi connectivity index (χ4v) is 4.88. The van der Waals surface area contributed by atoms with Gasteiger partial charge in [-0.1, -0.05) is 17.7 Å². The topological polar surface area (TPSA) is 143 Å². The highest BCUT2D eigenvalue weighted by atomic mass is 35.5. The van der Waals surface area contributed by atoms with Gasteiger partial charge in [0.1, 0.15) is 28.5 Å². The Hall–Kier alpha value is -3.81. The van der Waals surface area contributed by atoms with Crippen molar-refractivity contribution >= 4 is 27.6 Å². The van der Waals surface area contributed by atoms with Crippen LogP contribution in [0.2, 0.25) is 5.02 Å². The summed E-state index contributed by atoms with van der Waals surface area (Å²) in [6.45, 7) is 1.47. The Morgan fingerprint density at radius 3 is 2.22 bits per heavy atom. The normalized spacial score (nSPS) is 13.1. The van der Waals surface area contributed by atoms with E-state index in [2.05, 4.69) is 29.9 Å². The van der Waals surface area contributed by atoms with E-state index in [1.165, 1.54) is 45.2 Å². The first-order valence-corrected chi connectivity index (χ1v) is 12.8. The first-order valence-electron chi connectivity index (χ1n) is 10.9. The zero-order valence-corrected chi connectivity index (χ0v) is 21.9. The maximum Gasteiger partial charge on any atom is 0.243 e. The lowest BCUT2D eigenvalue weighted by Crippen LogP contribution is -2.33. The lowest BCUT2D eigenvalue weighted by molar-refractivity contribution is 0.0950. The maximum absolute atomic E-state index is 13.6. The fraction of sp³-hybridized carbons (Fsp3) is 0.261. The number of benzene rings is 1. The van der Waals surface area contributed by atoms with Crippen molar-refractivity contribution in [1.82, 2.24) is 29.7 Å². The molecule has 0 spiro atoms. The Morgan fingerprint density at radius 1 is 0.973 bits per heavy atom. The molecule has 0 aliphatic heterocycles. The summed E-state index contributed by atoms with van der Waals surface area (Å²) in [6, 6.07) is 8.68. The molecule has 3 aromatic heterocycles. The van der Waals surface area contributed by atoms with Crippen LogP contribution < -0.4 is 14.2 Å². The highest BCUT2D eigenvalue weighted by Crippen LogP contribution is 2.38. The molecule has 0 bridgehead atoms. The summed E-state index contributed by atoms with van der Waals surface area (Å²) in [7, 11) is 0.230. The molecule has 4 rings (SSSR count). The SMILES string of the molecule is COc1cccc(OC)c1-n1c(NS(=O)(=O)C(C)C(OC)c2ncc(Cl)cn2)nnc1-c1cccnc1. The third kappa shape index (κ3) is 5.33. The Balaban J connectivity index is 1.83. The molecule has 4 aromatic rings. The average Bonchev–Trinajstić information content (AvgIpc) is 3.32. The minimum Gasteiger partial charge on any atom is -0.494 e. The number of rotatable bonds is 10. The first kappa shape index (κ1) is 26.3. The fourth-order valence-electron chi connectivity index (χ4n) is 3.66. The van der Waals surface area contributed by atoms with Gasteiger partial charge in [-0.2, -0.15) is 0 Å². The van der Waals surface area contributed by atoms with Gasteiger partial charge < -0.3 is 14.2 Å². The van der Waals surface area contributed by atoms with Gasteiger partial charge in [-0.3, -0.25) is 14.3 Å². The predicted octanol–water partition coefficient (Wildman–Crippen LogP) is 3.31. The van der Waals surface area contributed by atoms with Crippen LogP contribution in [0.4, 0.5) is 5.95 Å². The second-order valence-corrected chi connectivity index (χ2v) is 10.2. The van der Waals surface area contributed by atoms with E-state index in [9.17, 15) is 8.42 Å². The third-order valence-electron chi connectivity index (χ3n) is 5.51. The molecule has 2 unspecified atom stereocenters. The number of aromatic nitrogens is 6. The molecule has 0 saturated carbocycles. The highest BCUT2D eigenvalue weighted by Gasteiger charge is 2.35. The molecule has 37 heavy (non-hydrogen) atoms. The van der Waals surface area contributed by atoms with E-state index in [-0.39, 0.29) is 11.8 Å². The van der Waals surface area contributed by atoms with Crippen LogP contribution in [0.1, 0.15) is 18.9 Å². The molecule has 0 aliphatic carbocycles. The Kier molecular flexibility index (Phi) is 7.86. The van der Waals surface area contributed by atoms with Crippen LogP contribution in [0.15, 0.2) is 55.1 Å². The van der Waals surface area contributed by atoms with E-state index in [0.717, 1.165) is 0 Å². The number of methoxy groups -OCH3 is 3. The van der Waals surface area contributed by atoms with Gasteiger partial charge in [-0.25, -0.2) is 18.4 Å². The van der Waals surface area contributed by atoms with Gasteiger partial charge in [0, 0.05) is 37.5 Å². The van der Waals surface area contributed by atoms with Crippen LogP contribution >= 0.6 is 11.6 Å². The lowest BCUT2D eigenvalue weighted by Gasteiger charge is -2.22. The summed E-state index contributed by atoms with van der Waals surface area (Å²) in [5.41, 5.74) is 0.983. The number of pyridine rings is 1. The van der Waals surface area contributed by atoms with E-state index >= 15 is 0 Å². The van der Waals surface area contributed by atoms with Gasteiger partial charge in [0.15, 0.2) is 11.6 Å². The summed E-state index contributed by atoms with van der Waals surface area (Å²) in [5.74, 6) is 1.18. The third-order valence-corrected chi connectivity index (χ3v) is 7.39. The van der Waals surface area contributed by atoms with Gasteiger partial charge in [-0.15, -0.1) is 10.2 Å². The zero-order valence-electron chi connectivity index (χ0n) is 20.4. The van der Waals surface area contributed by atoms with Crippen LogP contribution in [0.5, 0.6) is 11.5 Å². The molecule has 0 aliphatic rings. The molecule has 0 fully saturated rings. The number of nitrogens with one attached hydrogen (secondary N) is 1. The smallest absolute Gasteiger partial charge is 0.243 e. The molecule has 0 amide bonds. The molecule has 1 aromatic carbocycles. The summed E-state index contributed by atoms with van der Waals surface area (Å²) in [6.07, 6.45) is 4.94. The number of para-hydroxylation sites is 1. The van der Waals surface area contributed by atoms with E-state index in [1.807, 2.05) is 0 Å². The summed E-state index contributed by atoms with van der Waals surface area (Å²) >= 11 is 5.87. The number of nitrogens with zero attached hydrogens (tertiary/aromatic N) is 6. The predicted molar refractivity (Wildman–Crippen MR) is 136 cm³/mol. The molecule has 14 heteroatoms. The molecule has 1 N–H and O–H groups in total. The van der Waals surface area contributed by atoms with Gasteiger partial charge >= 0.3 is 0 Å². The van der Waals surface area contributed by atoms with Crippen molar-refractivity contribution in [3.05, 3.63) is 66.0 Å². The van der Waals surface area contributed by atoms with E-state index in [4.69, 9.17) is 25.8 Å². The van der Waals surface area contributed by atoms with Crippen molar-refractivity contribution in [1.29, 1.82) is 0 Å². The van der Waals surface area contributed by atoms with Gasteiger partial charge in [-0.05, 0) is 31.2 Å². The van der Waals surface area contributed by atoms with E-state index < -0.39 is 21.4 Å². The second-order valence-electron chi connectivity index (χ2n) is 7.70. The van der Waals surface area contributed by atoms with Crippen molar-refractivity contribution in [3.63, 3.8) is 0 Å². The molecule has 3 heterocycles. The molecular formula is C23H24ClN7O5S. The zero-order chi connectivity index (χ0) is 26.6. The number of anilines is 1. The van der Waals surface area contributed by atoms with Crippen LogP contribution in [0, 0.1) is 0 Å². The van der Waals surface area contributed by atoms with E-state index in [0.29, 0.717) is 33.6 Å². The van der Waals surface area contributed by atoms with Gasteiger partial charge in [0.2, 0.25) is 16.0 Å². The molecule has 0 saturated heterocycles. The summed E-state index contributed by atoms with van der Waals surface area (Å²) in [5, 5.41) is 7.59. The molecule has 0 radical (unpaired) electrons. The minimum atomic E-state index is -4.13. The largest absolute Gasteiger partial charge is 0.494 e. The van der Waals surface area contributed by atoms with Crippen molar-refractivity contribution in [2.45, 2.75) is 18.3 Å². The first-order chi connectivity index (χ1) is 17.8. The highest BCUT2D eigenvalue weighted by molar-refractivity contribution is 7.93. The van der Waals surface area contributed by atoms with Crippen molar-refractivity contribution in [2.75, 3.05) is 26.1 Å². The maximum atomic E-state index is 13.6. The average molecular weight is 546 g/mol. The van der Waals surface area contributed by atoms with Crippen molar-refractivity contribution in [3.8, 4) is 28.6 Å². The Bertz CT molecular complexity index is 1440. The van der Waals surface area contributed by atoms with E-state index in [1.54, 1.807) is 42.7 Å². The molecule has 2 atom stereocenters. The summed E-state index contributed by atoms with van der Waals surface area (Å²) in [4.78, 5) is 12.4. The standard InChI is InChI=1S/C23H24ClN7O5S/c1-14(20(36-4)21-26-12-16(24)13-27-21)37(32,33)30-23-29-28-22(15-7-6-10-25-11-15)31(23)19-17(34-2)8-5-9-18(19)35-3/h5-14,20H,1-4H3,(H,29,30). The quantitative estimate of drug-likeness (QED) is 0.315. The molecular weight excluding hydrogens is 522 g/mol. The van der Waals surface area contributed by atoms with Crippen LogP contribution in [-0.2, 0) is 14.8 Å². The minimum absolute atomic E-state index is 0.0969. The second kappa shape index (κ2) is 11.1. The number of ether oxygens (including phenoxy) is 3. The van der Waals surface area contributed by atoms with Crippen molar-refractivity contribution < 1.29 is 22.6 Å². The molecule has 12 nitrogen and oxygen atoms in total. The Morgan fingerprint density at radius 2 is 1.65 bits per heavy atom. The van der Waals surface area contributed by atoms with Crippen LogP contribution in [0.25, 0.3) is 17.1 Å². The monoisotopic (exact) mass is 545 g/mol. The summed E-state index contributed by atoms with van der Waals surface area (Å²) < 4.78 is 47.7. The van der Waals surface area contributed by atoms with Gasteiger partial charge in [0.05, 0.1) is 19.2 Å². The van der Waals surface area contributed by atoms with Crippen LogP contribution in [-0.4, -0.2) is 64.7 Å². The van der Waals surface area contributed by atoms with Crippen LogP contribution in [0.3, 0.4) is 0 Å². The number of hydrogen-bond acceptors (Lipinski definition) is 10. The lowest BCUT2D eigenvalue weighted by atomic mass is 10.2. The van der Waals surface area contributed by atoms with Crippen molar-refractivity contribution in [2.24, 2.45) is 0 Å². The number of halogens is 1. The Labute approximate surface area is 218 Å². The van der Waals surface area contributed by atoms with Gasteiger partial charge in [0.25, 0.3) is 0 Å². The number of hydrogen-bond donors (Lipinski definition) is 1.